The Morgan fingerprint density at radius 2 is 1.54 bits per heavy atom. The molecule has 6 heteroatoms. The molecule has 28 heavy (non-hydrogen) atoms. The number of ether oxygens (including phenoxy) is 1. The third-order valence-electron chi connectivity index (χ3n) is 5.56. The predicted octanol–water partition coefficient (Wildman–Crippen LogP) is 7.26. The Morgan fingerprint density at radius 1 is 0.893 bits per heavy atom. The third kappa shape index (κ3) is 4.83. The zero-order valence-corrected chi connectivity index (χ0v) is 15.7. The number of hydrogen-bond acceptors (Lipinski definition) is 1. The van der Waals surface area contributed by atoms with Crippen molar-refractivity contribution in [3.05, 3.63) is 53.6 Å². The molecule has 3 rings (SSSR count). The van der Waals surface area contributed by atoms with Crippen molar-refractivity contribution in [3.8, 4) is 16.9 Å². The van der Waals surface area contributed by atoms with Crippen LogP contribution >= 0.6 is 0 Å². The van der Waals surface area contributed by atoms with Crippen molar-refractivity contribution in [2.45, 2.75) is 51.1 Å². The molecule has 1 nitrogen and oxygen atoms in total. The van der Waals surface area contributed by atoms with E-state index in [1.165, 1.54) is 30.9 Å². The molecule has 0 amide bonds. The molecular weight excluding hydrogens is 375 g/mol. The summed E-state index contributed by atoms with van der Waals surface area (Å²) in [6.45, 7) is 0.546. The minimum absolute atomic E-state index is 0.00176. The van der Waals surface area contributed by atoms with Gasteiger partial charge in [0.1, 0.15) is 0 Å². The first-order valence-corrected chi connectivity index (χ1v) is 9.56. The van der Waals surface area contributed by atoms with Gasteiger partial charge in [-0.3, -0.25) is 0 Å². The van der Waals surface area contributed by atoms with Gasteiger partial charge in [-0.25, -0.2) is 4.39 Å². The Balaban J connectivity index is 1.74. The van der Waals surface area contributed by atoms with Gasteiger partial charge in [0.05, 0.1) is 0 Å². The van der Waals surface area contributed by atoms with Crippen LogP contribution in [-0.2, 0) is 0 Å². The summed E-state index contributed by atoms with van der Waals surface area (Å²) in [5.41, 5.74) is 1.66. The van der Waals surface area contributed by atoms with E-state index in [-0.39, 0.29) is 5.56 Å². The summed E-state index contributed by atoms with van der Waals surface area (Å²) in [6.07, 6.45) is 1.27. The predicted molar refractivity (Wildman–Crippen MR) is 98.3 cm³/mol. The summed E-state index contributed by atoms with van der Waals surface area (Å²) in [4.78, 5) is 0. The molecule has 0 heterocycles. The lowest BCUT2D eigenvalue weighted by atomic mass is 9.77. The fraction of sp³-hybridized carbons (Fsp3) is 0.455. The molecular formula is C22H23F5O. The van der Waals surface area contributed by atoms with E-state index in [1.807, 2.05) is 12.1 Å². The second kappa shape index (κ2) is 8.50. The van der Waals surface area contributed by atoms with Crippen LogP contribution in [0.3, 0.4) is 0 Å². The normalized spacial score (nSPS) is 20.2. The van der Waals surface area contributed by atoms with Gasteiger partial charge in [-0.05, 0) is 60.8 Å². The molecule has 1 saturated carbocycles. The number of alkyl halides is 3. The zero-order chi connectivity index (χ0) is 20.3. The Morgan fingerprint density at radius 3 is 2.11 bits per heavy atom. The highest BCUT2D eigenvalue weighted by molar-refractivity contribution is 5.65. The van der Waals surface area contributed by atoms with E-state index in [0.29, 0.717) is 11.5 Å². The maximum atomic E-state index is 14.4. The zero-order valence-electron chi connectivity index (χ0n) is 15.7. The van der Waals surface area contributed by atoms with E-state index in [4.69, 9.17) is 0 Å². The van der Waals surface area contributed by atoms with Crippen LogP contribution in [-0.4, -0.2) is 12.8 Å². The smallest absolute Gasteiger partial charge is 0.422 e. The van der Waals surface area contributed by atoms with Gasteiger partial charge in [0.2, 0.25) is 5.82 Å². The van der Waals surface area contributed by atoms with E-state index in [2.05, 4.69) is 11.7 Å². The highest BCUT2D eigenvalue weighted by Crippen LogP contribution is 2.38. The lowest BCUT2D eigenvalue weighted by Gasteiger charge is -2.28. The molecule has 2 aromatic carbocycles. The summed E-state index contributed by atoms with van der Waals surface area (Å²) in [5.74, 6) is -2.09. The molecule has 1 aliphatic rings. The van der Waals surface area contributed by atoms with Gasteiger partial charge in [-0.15, -0.1) is 0 Å². The molecule has 0 unspecified atom stereocenters. The minimum Gasteiger partial charge on any atom is -0.481 e. The maximum Gasteiger partial charge on any atom is 0.422 e. The second-order valence-corrected chi connectivity index (χ2v) is 7.39. The quantitative estimate of drug-likeness (QED) is 0.482. The highest BCUT2D eigenvalue weighted by atomic mass is 19.4. The number of hydrogen-bond donors (Lipinski definition) is 0. The SMILES string of the molecule is CCC1CCC(c2ccc(-c3ccc(OCC(F)(F)F)c(F)c3F)cc2)CC1. The van der Waals surface area contributed by atoms with Crippen LogP contribution in [0.15, 0.2) is 36.4 Å². The molecule has 152 valence electrons. The first-order chi connectivity index (χ1) is 13.3. The van der Waals surface area contributed by atoms with Crippen molar-refractivity contribution < 1.29 is 26.7 Å². The molecule has 0 aliphatic heterocycles. The van der Waals surface area contributed by atoms with Crippen LogP contribution in [0.5, 0.6) is 5.75 Å². The van der Waals surface area contributed by atoms with Crippen LogP contribution in [0.1, 0.15) is 50.5 Å². The maximum absolute atomic E-state index is 14.4. The first kappa shape index (κ1) is 20.6. The van der Waals surface area contributed by atoms with E-state index >= 15 is 0 Å². The summed E-state index contributed by atoms with van der Waals surface area (Å²) in [6, 6.07) is 9.59. The van der Waals surface area contributed by atoms with Crippen LogP contribution in [0, 0.1) is 17.6 Å². The van der Waals surface area contributed by atoms with Gasteiger partial charge >= 0.3 is 6.18 Å². The lowest BCUT2D eigenvalue weighted by Crippen LogP contribution is -2.19. The van der Waals surface area contributed by atoms with E-state index < -0.39 is 30.2 Å². The number of rotatable bonds is 5. The van der Waals surface area contributed by atoms with Crippen LogP contribution in [0.2, 0.25) is 0 Å². The average Bonchev–Trinajstić information content (AvgIpc) is 2.69. The topological polar surface area (TPSA) is 9.23 Å². The molecule has 1 aliphatic carbocycles. The Kier molecular flexibility index (Phi) is 6.26. The average molecular weight is 398 g/mol. The monoisotopic (exact) mass is 398 g/mol. The van der Waals surface area contributed by atoms with Crippen molar-refractivity contribution in [1.29, 1.82) is 0 Å². The first-order valence-electron chi connectivity index (χ1n) is 9.56. The Labute approximate surface area is 161 Å². The fourth-order valence-electron chi connectivity index (χ4n) is 3.86. The Hall–Kier alpha value is -2.11. The van der Waals surface area contributed by atoms with Gasteiger partial charge in [-0.1, -0.05) is 37.6 Å². The van der Waals surface area contributed by atoms with Crippen molar-refractivity contribution >= 4 is 0 Å². The molecule has 0 radical (unpaired) electrons. The summed E-state index contributed by atoms with van der Waals surface area (Å²) < 4.78 is 69.4. The lowest BCUT2D eigenvalue weighted by molar-refractivity contribution is -0.153. The summed E-state index contributed by atoms with van der Waals surface area (Å²) >= 11 is 0. The van der Waals surface area contributed by atoms with Crippen molar-refractivity contribution in [1.82, 2.24) is 0 Å². The van der Waals surface area contributed by atoms with E-state index in [1.54, 1.807) is 12.1 Å². The van der Waals surface area contributed by atoms with Crippen molar-refractivity contribution in [2.75, 3.05) is 6.61 Å². The van der Waals surface area contributed by atoms with E-state index in [0.717, 1.165) is 24.8 Å². The molecule has 1 fully saturated rings. The van der Waals surface area contributed by atoms with Gasteiger partial charge in [0.15, 0.2) is 18.2 Å². The molecule has 0 N–H and O–H groups in total. The van der Waals surface area contributed by atoms with Crippen LogP contribution in [0.4, 0.5) is 22.0 Å². The standard InChI is InChI=1S/C22H23F5O/c1-2-14-3-5-15(6-4-14)16-7-9-17(10-8-16)18-11-12-19(21(24)20(18)23)28-13-22(25,26)27/h7-12,14-15H,2-6,13H2,1H3. The molecule has 0 aromatic heterocycles. The third-order valence-corrected chi connectivity index (χ3v) is 5.56. The largest absolute Gasteiger partial charge is 0.481 e. The molecule has 0 spiro atoms. The molecule has 0 atom stereocenters. The Bertz CT molecular complexity index is 790. The highest BCUT2D eigenvalue weighted by Gasteiger charge is 2.29. The number of benzene rings is 2. The fourth-order valence-corrected chi connectivity index (χ4v) is 3.86. The van der Waals surface area contributed by atoms with E-state index in [9.17, 15) is 22.0 Å². The van der Waals surface area contributed by atoms with Crippen molar-refractivity contribution in [3.63, 3.8) is 0 Å². The molecule has 0 saturated heterocycles. The van der Waals surface area contributed by atoms with Gasteiger partial charge in [-0.2, -0.15) is 17.6 Å². The minimum atomic E-state index is -4.62. The van der Waals surface area contributed by atoms with Gasteiger partial charge < -0.3 is 4.74 Å². The van der Waals surface area contributed by atoms with Crippen molar-refractivity contribution in [2.24, 2.45) is 5.92 Å². The second-order valence-electron chi connectivity index (χ2n) is 7.39. The number of halogens is 5. The van der Waals surface area contributed by atoms with Gasteiger partial charge in [0.25, 0.3) is 0 Å². The van der Waals surface area contributed by atoms with Crippen LogP contribution in [0.25, 0.3) is 11.1 Å². The van der Waals surface area contributed by atoms with Gasteiger partial charge in [0, 0.05) is 5.56 Å². The van der Waals surface area contributed by atoms with Crippen LogP contribution < -0.4 is 4.74 Å². The molecule has 2 aromatic rings. The summed E-state index contributed by atoms with van der Waals surface area (Å²) in [7, 11) is 0. The molecule has 0 bridgehead atoms. The summed E-state index contributed by atoms with van der Waals surface area (Å²) in [5, 5.41) is 0.